The van der Waals surface area contributed by atoms with Crippen molar-refractivity contribution in [1.82, 2.24) is 15.2 Å². The molecular weight excluding hydrogens is 329 g/mol. The molecule has 2 heterocycles. The normalized spacial score (nSPS) is 19.5. The van der Waals surface area contributed by atoms with Gasteiger partial charge in [0.1, 0.15) is 0 Å². The topological polar surface area (TPSA) is 89.4 Å². The third kappa shape index (κ3) is 2.75. The van der Waals surface area contributed by atoms with Gasteiger partial charge in [0.15, 0.2) is 17.1 Å². The first-order valence-electron chi connectivity index (χ1n) is 7.51. The van der Waals surface area contributed by atoms with Gasteiger partial charge in [0.2, 0.25) is 0 Å². The second kappa shape index (κ2) is 6.04. The number of hydrogen-bond donors (Lipinski definition) is 2. The highest BCUT2D eigenvalue weighted by atomic mass is 19.1. The number of hydrogen-bond acceptors (Lipinski definition) is 4. The van der Waals surface area contributed by atoms with Gasteiger partial charge >= 0.3 is 6.03 Å². The fourth-order valence-electron chi connectivity index (χ4n) is 2.86. The van der Waals surface area contributed by atoms with Gasteiger partial charge in [0, 0.05) is 11.8 Å². The molecule has 8 heteroatoms. The SMILES string of the molecule is COc1cc(C2(Cn3cccc(C)c3=O)NC(=O)NC2=O)ccc1F. The van der Waals surface area contributed by atoms with Crippen LogP contribution in [-0.4, -0.2) is 23.6 Å². The van der Waals surface area contributed by atoms with Gasteiger partial charge in [0.05, 0.1) is 13.7 Å². The Bertz CT molecular complexity index is 924. The standard InChI is InChI=1S/C17H16FN3O4/c1-10-4-3-7-21(14(10)22)9-17(15(23)19-16(24)20-17)11-5-6-12(18)13(8-11)25-2/h3-8H,9H2,1-2H3,(H2,19,20,23,24). The monoisotopic (exact) mass is 345 g/mol. The van der Waals surface area contributed by atoms with Gasteiger partial charge in [-0.3, -0.25) is 14.9 Å². The fraction of sp³-hybridized carbons (Fsp3) is 0.235. The van der Waals surface area contributed by atoms with Gasteiger partial charge < -0.3 is 14.6 Å². The number of pyridine rings is 1. The van der Waals surface area contributed by atoms with Crippen LogP contribution in [0.5, 0.6) is 5.75 Å². The van der Waals surface area contributed by atoms with E-state index in [4.69, 9.17) is 4.74 Å². The molecule has 25 heavy (non-hydrogen) atoms. The number of carbonyl (C=O) groups is 2. The van der Waals surface area contributed by atoms with Crippen LogP contribution in [0.3, 0.4) is 0 Å². The van der Waals surface area contributed by atoms with Crippen LogP contribution in [0, 0.1) is 12.7 Å². The van der Waals surface area contributed by atoms with Crippen molar-refractivity contribution in [2.75, 3.05) is 7.11 Å². The molecule has 1 unspecified atom stereocenters. The van der Waals surface area contributed by atoms with Crippen molar-refractivity contribution >= 4 is 11.9 Å². The molecule has 0 bridgehead atoms. The number of halogens is 1. The number of nitrogens with zero attached hydrogens (tertiary/aromatic N) is 1. The van der Waals surface area contributed by atoms with Gasteiger partial charge in [-0.15, -0.1) is 0 Å². The first-order chi connectivity index (χ1) is 11.9. The first kappa shape index (κ1) is 16.7. The summed E-state index contributed by atoms with van der Waals surface area (Å²) in [6.07, 6.45) is 1.52. The highest BCUT2D eigenvalue weighted by Gasteiger charge is 2.48. The number of ether oxygens (including phenoxy) is 1. The van der Waals surface area contributed by atoms with Crippen LogP contribution in [0.25, 0.3) is 0 Å². The Hall–Kier alpha value is -3.16. The summed E-state index contributed by atoms with van der Waals surface area (Å²) < 4.78 is 20.0. The molecule has 130 valence electrons. The minimum Gasteiger partial charge on any atom is -0.494 e. The minimum atomic E-state index is -1.55. The molecule has 2 N–H and O–H groups in total. The molecule has 0 saturated carbocycles. The van der Waals surface area contributed by atoms with E-state index in [9.17, 15) is 18.8 Å². The molecule has 3 amide bonds. The van der Waals surface area contributed by atoms with Crippen molar-refractivity contribution in [2.45, 2.75) is 19.0 Å². The molecule has 1 aromatic heterocycles. The molecule has 1 aromatic carbocycles. The number of methoxy groups -OCH3 is 1. The number of aromatic nitrogens is 1. The molecule has 1 saturated heterocycles. The zero-order valence-corrected chi connectivity index (χ0v) is 13.6. The summed E-state index contributed by atoms with van der Waals surface area (Å²) >= 11 is 0. The van der Waals surface area contributed by atoms with Crippen molar-refractivity contribution in [3.05, 3.63) is 63.8 Å². The van der Waals surface area contributed by atoms with Crippen molar-refractivity contribution in [3.8, 4) is 5.75 Å². The van der Waals surface area contributed by atoms with Gasteiger partial charge in [-0.1, -0.05) is 12.1 Å². The molecule has 7 nitrogen and oxygen atoms in total. The lowest BCUT2D eigenvalue weighted by molar-refractivity contribution is -0.124. The van der Waals surface area contributed by atoms with Crippen molar-refractivity contribution in [3.63, 3.8) is 0 Å². The summed E-state index contributed by atoms with van der Waals surface area (Å²) in [6.45, 7) is 1.51. The van der Waals surface area contributed by atoms with Gasteiger partial charge in [-0.05, 0) is 30.7 Å². The third-order valence-electron chi connectivity index (χ3n) is 4.20. The van der Waals surface area contributed by atoms with Crippen LogP contribution in [-0.2, 0) is 16.9 Å². The van der Waals surface area contributed by atoms with E-state index in [2.05, 4.69) is 10.6 Å². The number of imide groups is 1. The highest BCUT2D eigenvalue weighted by Crippen LogP contribution is 2.30. The summed E-state index contributed by atoms with van der Waals surface area (Å²) in [4.78, 5) is 36.6. The first-order valence-corrected chi connectivity index (χ1v) is 7.51. The molecular formula is C17H16FN3O4. The smallest absolute Gasteiger partial charge is 0.322 e. The zero-order chi connectivity index (χ0) is 18.2. The Balaban J connectivity index is 2.15. The Labute approximate surface area is 142 Å². The van der Waals surface area contributed by atoms with Crippen LogP contribution >= 0.6 is 0 Å². The molecule has 0 spiro atoms. The number of amides is 3. The summed E-state index contributed by atoms with van der Waals surface area (Å²) in [5, 5.41) is 4.74. The average Bonchev–Trinajstić information content (AvgIpc) is 2.87. The van der Waals surface area contributed by atoms with E-state index >= 15 is 0 Å². The maximum Gasteiger partial charge on any atom is 0.322 e. The predicted molar refractivity (Wildman–Crippen MR) is 86.7 cm³/mol. The second-order valence-electron chi connectivity index (χ2n) is 5.79. The number of rotatable bonds is 4. The van der Waals surface area contributed by atoms with E-state index in [1.165, 1.54) is 30.0 Å². The Morgan fingerprint density at radius 1 is 1.24 bits per heavy atom. The van der Waals surface area contributed by atoms with Crippen LogP contribution in [0.1, 0.15) is 11.1 Å². The van der Waals surface area contributed by atoms with Crippen LogP contribution in [0.2, 0.25) is 0 Å². The lowest BCUT2D eigenvalue weighted by Crippen LogP contribution is -2.49. The Kier molecular flexibility index (Phi) is 4.03. The van der Waals surface area contributed by atoms with Crippen molar-refractivity contribution in [1.29, 1.82) is 0 Å². The summed E-state index contributed by atoms with van der Waals surface area (Å²) in [7, 11) is 1.30. The quantitative estimate of drug-likeness (QED) is 0.811. The summed E-state index contributed by atoms with van der Waals surface area (Å²) in [5.74, 6) is -1.29. The number of nitrogens with one attached hydrogen (secondary N) is 2. The van der Waals surface area contributed by atoms with Crippen LogP contribution in [0.15, 0.2) is 41.3 Å². The Morgan fingerprint density at radius 2 is 2.00 bits per heavy atom. The molecule has 1 fully saturated rings. The van der Waals surface area contributed by atoms with E-state index in [0.29, 0.717) is 11.1 Å². The number of aryl methyl sites for hydroxylation is 1. The molecule has 1 atom stereocenters. The van der Waals surface area contributed by atoms with E-state index in [1.54, 1.807) is 19.1 Å². The van der Waals surface area contributed by atoms with Crippen LogP contribution < -0.4 is 20.9 Å². The molecule has 0 radical (unpaired) electrons. The lowest BCUT2D eigenvalue weighted by Gasteiger charge is -2.28. The van der Waals surface area contributed by atoms with Crippen LogP contribution in [0.4, 0.5) is 9.18 Å². The Morgan fingerprint density at radius 3 is 2.64 bits per heavy atom. The molecule has 1 aliphatic heterocycles. The lowest BCUT2D eigenvalue weighted by atomic mass is 9.89. The predicted octanol–water partition coefficient (Wildman–Crippen LogP) is 1.04. The molecule has 0 aliphatic carbocycles. The molecule has 3 rings (SSSR count). The van der Waals surface area contributed by atoms with E-state index in [0.717, 1.165) is 6.07 Å². The largest absolute Gasteiger partial charge is 0.494 e. The maximum absolute atomic E-state index is 13.7. The third-order valence-corrected chi connectivity index (χ3v) is 4.20. The van der Waals surface area contributed by atoms with E-state index in [-0.39, 0.29) is 17.9 Å². The number of benzene rings is 1. The van der Waals surface area contributed by atoms with Gasteiger partial charge in [-0.2, -0.15) is 0 Å². The summed E-state index contributed by atoms with van der Waals surface area (Å²) in [6, 6.07) is 6.50. The summed E-state index contributed by atoms with van der Waals surface area (Å²) in [5.41, 5.74) is -1.03. The minimum absolute atomic E-state index is 0.0672. The van der Waals surface area contributed by atoms with Gasteiger partial charge in [-0.25, -0.2) is 9.18 Å². The zero-order valence-electron chi connectivity index (χ0n) is 13.6. The highest BCUT2D eigenvalue weighted by molar-refractivity contribution is 6.07. The van der Waals surface area contributed by atoms with Gasteiger partial charge in [0.25, 0.3) is 11.5 Å². The fourth-order valence-corrected chi connectivity index (χ4v) is 2.86. The second-order valence-corrected chi connectivity index (χ2v) is 5.79. The molecule has 1 aliphatic rings. The number of urea groups is 1. The van der Waals surface area contributed by atoms with Crippen molar-refractivity contribution in [2.24, 2.45) is 0 Å². The molecule has 2 aromatic rings. The van der Waals surface area contributed by atoms with Crippen molar-refractivity contribution < 1.29 is 18.7 Å². The number of carbonyl (C=O) groups excluding carboxylic acids is 2. The maximum atomic E-state index is 13.7. The van der Waals surface area contributed by atoms with E-state index in [1.807, 2.05) is 0 Å². The van der Waals surface area contributed by atoms with E-state index < -0.39 is 23.3 Å². The average molecular weight is 345 g/mol.